The van der Waals surface area contributed by atoms with Crippen molar-refractivity contribution in [2.45, 2.75) is 13.5 Å². The Balaban J connectivity index is 2.38. The zero-order chi connectivity index (χ0) is 11.5. The molecule has 1 N–H and O–H groups in total. The van der Waals surface area contributed by atoms with Crippen molar-refractivity contribution in [2.24, 2.45) is 0 Å². The smallest absolute Gasteiger partial charge is 0.335 e. The average molecular weight is 217 g/mol. The summed E-state index contributed by atoms with van der Waals surface area (Å²) < 4.78 is 1.90. The average Bonchev–Trinajstić information content (AvgIpc) is 2.77. The summed E-state index contributed by atoms with van der Waals surface area (Å²) in [6.07, 6.45) is 1.65. The SMILES string of the molecule is CCn1cnnc1-c1ccc(C(=O)O)cc1. The summed E-state index contributed by atoms with van der Waals surface area (Å²) in [7, 11) is 0. The van der Waals surface area contributed by atoms with Gasteiger partial charge in [0.25, 0.3) is 0 Å². The molecule has 2 rings (SSSR count). The minimum Gasteiger partial charge on any atom is -0.478 e. The van der Waals surface area contributed by atoms with Crippen molar-refractivity contribution in [3.8, 4) is 11.4 Å². The number of carbonyl (C=O) groups is 1. The molecule has 1 aromatic carbocycles. The van der Waals surface area contributed by atoms with Gasteiger partial charge in [0.2, 0.25) is 0 Å². The topological polar surface area (TPSA) is 68.0 Å². The molecule has 0 bridgehead atoms. The van der Waals surface area contributed by atoms with E-state index < -0.39 is 5.97 Å². The van der Waals surface area contributed by atoms with Crippen molar-refractivity contribution in [1.29, 1.82) is 0 Å². The molecule has 5 heteroatoms. The van der Waals surface area contributed by atoms with Gasteiger partial charge in [0.05, 0.1) is 5.56 Å². The zero-order valence-corrected chi connectivity index (χ0v) is 8.79. The predicted octanol–water partition coefficient (Wildman–Crippen LogP) is 1.66. The van der Waals surface area contributed by atoms with Crippen LogP contribution in [0.2, 0.25) is 0 Å². The maximum absolute atomic E-state index is 10.7. The fourth-order valence-corrected chi connectivity index (χ4v) is 1.47. The van der Waals surface area contributed by atoms with Crippen molar-refractivity contribution in [3.05, 3.63) is 36.2 Å². The Labute approximate surface area is 92.4 Å². The molecule has 0 aliphatic carbocycles. The van der Waals surface area contributed by atoms with E-state index in [4.69, 9.17) is 5.11 Å². The fourth-order valence-electron chi connectivity index (χ4n) is 1.47. The summed E-state index contributed by atoms with van der Waals surface area (Å²) in [6.45, 7) is 2.78. The summed E-state index contributed by atoms with van der Waals surface area (Å²) in [6, 6.07) is 6.60. The molecule has 16 heavy (non-hydrogen) atoms. The van der Waals surface area contributed by atoms with E-state index in [1.165, 1.54) is 0 Å². The van der Waals surface area contributed by atoms with Gasteiger partial charge >= 0.3 is 5.97 Å². The number of aromatic nitrogens is 3. The monoisotopic (exact) mass is 217 g/mol. The van der Waals surface area contributed by atoms with Crippen LogP contribution in [0.3, 0.4) is 0 Å². The normalized spacial score (nSPS) is 10.3. The lowest BCUT2D eigenvalue weighted by atomic mass is 10.1. The number of hydrogen-bond acceptors (Lipinski definition) is 3. The van der Waals surface area contributed by atoms with Crippen LogP contribution in [0.5, 0.6) is 0 Å². The maximum Gasteiger partial charge on any atom is 0.335 e. The number of hydrogen-bond donors (Lipinski definition) is 1. The van der Waals surface area contributed by atoms with Gasteiger partial charge in [0.15, 0.2) is 5.82 Å². The van der Waals surface area contributed by atoms with E-state index >= 15 is 0 Å². The maximum atomic E-state index is 10.7. The third-order valence-electron chi connectivity index (χ3n) is 2.35. The van der Waals surface area contributed by atoms with Crippen LogP contribution in [-0.4, -0.2) is 25.8 Å². The Morgan fingerprint density at radius 2 is 2.06 bits per heavy atom. The summed E-state index contributed by atoms with van der Waals surface area (Å²) in [5.41, 5.74) is 1.13. The van der Waals surface area contributed by atoms with Crippen molar-refractivity contribution >= 4 is 5.97 Å². The number of carboxylic acids is 1. The molecule has 0 fully saturated rings. The van der Waals surface area contributed by atoms with Gasteiger partial charge in [-0.15, -0.1) is 10.2 Å². The summed E-state index contributed by atoms with van der Waals surface area (Å²) >= 11 is 0. The van der Waals surface area contributed by atoms with Crippen LogP contribution in [0.25, 0.3) is 11.4 Å². The van der Waals surface area contributed by atoms with Crippen molar-refractivity contribution < 1.29 is 9.90 Å². The van der Waals surface area contributed by atoms with Crippen LogP contribution < -0.4 is 0 Å². The standard InChI is InChI=1S/C11H11N3O2/c1-2-14-7-12-13-10(14)8-3-5-9(6-4-8)11(15)16/h3-7H,2H2,1H3,(H,15,16). The second kappa shape index (κ2) is 4.14. The number of aryl methyl sites for hydroxylation is 1. The molecule has 2 aromatic rings. The first-order chi connectivity index (χ1) is 7.72. The molecule has 82 valence electrons. The Kier molecular flexibility index (Phi) is 2.68. The second-order valence-corrected chi connectivity index (χ2v) is 3.32. The van der Waals surface area contributed by atoms with Crippen LogP contribution in [0, 0.1) is 0 Å². The highest BCUT2D eigenvalue weighted by Crippen LogP contribution is 2.17. The largest absolute Gasteiger partial charge is 0.478 e. The Bertz CT molecular complexity index is 502. The van der Waals surface area contributed by atoms with Crippen molar-refractivity contribution in [1.82, 2.24) is 14.8 Å². The number of aromatic carboxylic acids is 1. The molecule has 0 atom stereocenters. The van der Waals surface area contributed by atoms with E-state index in [1.54, 1.807) is 30.6 Å². The van der Waals surface area contributed by atoms with Crippen LogP contribution in [-0.2, 0) is 6.54 Å². The molecule has 0 aliphatic rings. The molecule has 1 heterocycles. The van der Waals surface area contributed by atoms with E-state index in [1.807, 2.05) is 11.5 Å². The molecular formula is C11H11N3O2. The lowest BCUT2D eigenvalue weighted by Gasteiger charge is -2.03. The van der Waals surface area contributed by atoms with Gasteiger partial charge in [0.1, 0.15) is 6.33 Å². The molecule has 0 saturated carbocycles. The molecule has 0 unspecified atom stereocenters. The first-order valence-electron chi connectivity index (χ1n) is 4.94. The Morgan fingerprint density at radius 1 is 1.38 bits per heavy atom. The molecule has 0 saturated heterocycles. The first kappa shape index (κ1) is 10.4. The number of carboxylic acid groups (broad SMARTS) is 1. The summed E-state index contributed by atoms with van der Waals surface area (Å²) in [5, 5.41) is 16.6. The van der Waals surface area contributed by atoms with Gasteiger partial charge in [-0.1, -0.05) is 12.1 Å². The van der Waals surface area contributed by atoms with Crippen LogP contribution in [0.1, 0.15) is 17.3 Å². The van der Waals surface area contributed by atoms with Crippen molar-refractivity contribution in [3.63, 3.8) is 0 Å². The van der Waals surface area contributed by atoms with Gasteiger partial charge in [-0.2, -0.15) is 0 Å². The lowest BCUT2D eigenvalue weighted by Crippen LogP contribution is -1.98. The van der Waals surface area contributed by atoms with E-state index in [2.05, 4.69) is 10.2 Å². The number of nitrogens with zero attached hydrogens (tertiary/aromatic N) is 3. The Morgan fingerprint density at radius 3 is 2.62 bits per heavy atom. The van der Waals surface area contributed by atoms with E-state index in [0.717, 1.165) is 17.9 Å². The Hall–Kier alpha value is -2.17. The minimum absolute atomic E-state index is 0.270. The molecule has 0 aliphatic heterocycles. The highest BCUT2D eigenvalue weighted by atomic mass is 16.4. The quantitative estimate of drug-likeness (QED) is 0.849. The van der Waals surface area contributed by atoms with Gasteiger partial charge in [-0.05, 0) is 19.1 Å². The molecule has 0 amide bonds. The fraction of sp³-hybridized carbons (Fsp3) is 0.182. The van der Waals surface area contributed by atoms with Gasteiger partial charge in [-0.25, -0.2) is 4.79 Å². The van der Waals surface area contributed by atoms with Crippen molar-refractivity contribution in [2.75, 3.05) is 0 Å². The molecular weight excluding hydrogens is 206 g/mol. The highest BCUT2D eigenvalue weighted by Gasteiger charge is 2.07. The molecule has 0 radical (unpaired) electrons. The van der Waals surface area contributed by atoms with Gasteiger partial charge < -0.3 is 9.67 Å². The molecule has 1 aromatic heterocycles. The van der Waals surface area contributed by atoms with E-state index in [-0.39, 0.29) is 5.56 Å². The van der Waals surface area contributed by atoms with Crippen LogP contribution >= 0.6 is 0 Å². The highest BCUT2D eigenvalue weighted by molar-refractivity contribution is 5.88. The summed E-state index contributed by atoms with van der Waals surface area (Å²) in [4.78, 5) is 10.7. The first-order valence-corrected chi connectivity index (χ1v) is 4.94. The predicted molar refractivity (Wildman–Crippen MR) is 58.1 cm³/mol. The third kappa shape index (κ3) is 1.79. The number of benzene rings is 1. The van der Waals surface area contributed by atoms with Gasteiger partial charge in [0, 0.05) is 12.1 Å². The van der Waals surface area contributed by atoms with Crippen LogP contribution in [0.4, 0.5) is 0 Å². The molecule has 5 nitrogen and oxygen atoms in total. The number of rotatable bonds is 3. The van der Waals surface area contributed by atoms with E-state index in [9.17, 15) is 4.79 Å². The van der Waals surface area contributed by atoms with E-state index in [0.29, 0.717) is 0 Å². The zero-order valence-electron chi connectivity index (χ0n) is 8.79. The van der Waals surface area contributed by atoms with Gasteiger partial charge in [-0.3, -0.25) is 0 Å². The lowest BCUT2D eigenvalue weighted by molar-refractivity contribution is 0.0697. The van der Waals surface area contributed by atoms with Crippen LogP contribution in [0.15, 0.2) is 30.6 Å². The molecule has 0 spiro atoms. The summed E-state index contributed by atoms with van der Waals surface area (Å²) in [5.74, 6) is -0.178. The third-order valence-corrected chi connectivity index (χ3v) is 2.35. The minimum atomic E-state index is -0.927. The second-order valence-electron chi connectivity index (χ2n) is 3.32.